The Morgan fingerprint density at radius 2 is 2.12 bits per heavy atom. The molecule has 1 aromatic rings. The van der Waals surface area contributed by atoms with Gasteiger partial charge in [0.15, 0.2) is 0 Å². The lowest BCUT2D eigenvalue weighted by Crippen LogP contribution is -2.43. The van der Waals surface area contributed by atoms with Gasteiger partial charge in [-0.05, 0) is 30.2 Å². The van der Waals surface area contributed by atoms with Crippen LogP contribution in [0.1, 0.15) is 11.1 Å². The van der Waals surface area contributed by atoms with Gasteiger partial charge in [0.25, 0.3) is 0 Å². The quantitative estimate of drug-likeness (QED) is 0.591. The molecule has 1 heterocycles. The number of benzene rings is 1. The van der Waals surface area contributed by atoms with Crippen molar-refractivity contribution in [1.82, 2.24) is 5.32 Å². The van der Waals surface area contributed by atoms with Gasteiger partial charge in [-0.1, -0.05) is 0 Å². The Kier molecular flexibility index (Phi) is 3.55. The second kappa shape index (κ2) is 5.11. The van der Waals surface area contributed by atoms with Crippen LogP contribution in [0.3, 0.4) is 0 Å². The number of nitrogens with one attached hydrogen (secondary N) is 1. The van der Waals surface area contributed by atoms with Crippen molar-refractivity contribution in [3.05, 3.63) is 23.3 Å². The second-order valence-corrected chi connectivity index (χ2v) is 4.45. The Morgan fingerprint density at radius 1 is 1.41 bits per heavy atom. The average molecular weight is 229 g/mol. The Bertz CT molecular complexity index is 440. The van der Waals surface area contributed by atoms with Crippen molar-refractivity contribution in [3.8, 4) is 12.3 Å². The molecule has 3 heteroatoms. The lowest BCUT2D eigenvalue weighted by molar-refractivity contribution is 0.588. The fourth-order valence-corrected chi connectivity index (χ4v) is 2.24. The van der Waals surface area contributed by atoms with E-state index in [1.807, 2.05) is 6.07 Å². The van der Waals surface area contributed by atoms with Crippen LogP contribution in [0.25, 0.3) is 0 Å². The minimum atomic E-state index is 0.642. The van der Waals surface area contributed by atoms with E-state index in [1.165, 1.54) is 5.69 Å². The Morgan fingerprint density at radius 3 is 2.76 bits per heavy atom. The molecule has 3 N–H and O–H groups in total. The third kappa shape index (κ3) is 2.54. The highest BCUT2D eigenvalue weighted by atomic mass is 15.2. The van der Waals surface area contributed by atoms with Crippen molar-refractivity contribution in [2.75, 3.05) is 36.8 Å². The SMILES string of the molecule is C#CCc1cc(N)c(C)c(N2CCNCC2)c1. The molecule has 0 aromatic heterocycles. The van der Waals surface area contributed by atoms with Gasteiger partial charge in [0.05, 0.1) is 0 Å². The normalized spacial score (nSPS) is 15.6. The standard InChI is InChI=1S/C14H19N3/c1-3-4-12-9-13(15)11(2)14(10-12)17-7-5-16-6-8-17/h1,9-10,16H,4-8,15H2,2H3. The zero-order chi connectivity index (χ0) is 12.3. The monoisotopic (exact) mass is 229 g/mol. The molecule has 0 atom stereocenters. The zero-order valence-corrected chi connectivity index (χ0v) is 10.3. The summed E-state index contributed by atoms with van der Waals surface area (Å²) in [5.74, 6) is 2.67. The maximum absolute atomic E-state index is 6.05. The van der Waals surface area contributed by atoms with E-state index in [2.05, 4.69) is 29.1 Å². The van der Waals surface area contributed by atoms with Crippen LogP contribution in [0.2, 0.25) is 0 Å². The van der Waals surface area contributed by atoms with Gasteiger partial charge in [-0.3, -0.25) is 0 Å². The molecule has 0 aliphatic carbocycles. The molecule has 3 nitrogen and oxygen atoms in total. The van der Waals surface area contributed by atoms with Crippen LogP contribution in [0.15, 0.2) is 12.1 Å². The average Bonchev–Trinajstić information content (AvgIpc) is 2.35. The van der Waals surface area contributed by atoms with Gasteiger partial charge in [-0.2, -0.15) is 0 Å². The number of nitrogens with two attached hydrogens (primary N) is 1. The van der Waals surface area contributed by atoms with E-state index in [0.29, 0.717) is 6.42 Å². The van der Waals surface area contributed by atoms with Crippen LogP contribution >= 0.6 is 0 Å². The van der Waals surface area contributed by atoms with Gasteiger partial charge in [0.1, 0.15) is 0 Å². The van der Waals surface area contributed by atoms with Gasteiger partial charge < -0.3 is 16.0 Å². The zero-order valence-electron chi connectivity index (χ0n) is 10.3. The molecular formula is C14H19N3. The molecule has 2 rings (SSSR count). The van der Waals surface area contributed by atoms with Crippen LogP contribution < -0.4 is 16.0 Å². The van der Waals surface area contributed by atoms with Crippen LogP contribution in [-0.4, -0.2) is 26.2 Å². The van der Waals surface area contributed by atoms with E-state index in [-0.39, 0.29) is 0 Å². The number of hydrogen-bond donors (Lipinski definition) is 2. The number of rotatable bonds is 2. The van der Waals surface area contributed by atoms with E-state index >= 15 is 0 Å². The summed E-state index contributed by atoms with van der Waals surface area (Å²) >= 11 is 0. The minimum absolute atomic E-state index is 0.642. The summed E-state index contributed by atoms with van der Waals surface area (Å²) in [5, 5.41) is 3.35. The summed E-state index contributed by atoms with van der Waals surface area (Å²) in [4.78, 5) is 2.38. The van der Waals surface area contributed by atoms with Crippen LogP contribution in [0.4, 0.5) is 11.4 Å². The van der Waals surface area contributed by atoms with Crippen molar-refractivity contribution in [2.45, 2.75) is 13.3 Å². The van der Waals surface area contributed by atoms with Crippen molar-refractivity contribution in [1.29, 1.82) is 0 Å². The topological polar surface area (TPSA) is 41.3 Å². The summed E-state index contributed by atoms with van der Waals surface area (Å²) in [6.45, 7) is 6.18. The molecule has 1 fully saturated rings. The molecule has 0 amide bonds. The summed E-state index contributed by atoms with van der Waals surface area (Å²) in [6, 6.07) is 4.16. The molecule has 90 valence electrons. The largest absolute Gasteiger partial charge is 0.398 e. The fourth-order valence-electron chi connectivity index (χ4n) is 2.24. The Balaban J connectivity index is 2.34. The summed E-state index contributed by atoms with van der Waals surface area (Å²) in [7, 11) is 0. The van der Waals surface area contributed by atoms with E-state index in [9.17, 15) is 0 Å². The molecule has 17 heavy (non-hydrogen) atoms. The van der Waals surface area contributed by atoms with Gasteiger partial charge in [0.2, 0.25) is 0 Å². The summed E-state index contributed by atoms with van der Waals surface area (Å²) < 4.78 is 0. The maximum atomic E-state index is 6.05. The van der Waals surface area contributed by atoms with Crippen molar-refractivity contribution in [2.24, 2.45) is 0 Å². The molecule has 1 aromatic carbocycles. The van der Waals surface area contributed by atoms with Crippen molar-refractivity contribution < 1.29 is 0 Å². The van der Waals surface area contributed by atoms with Gasteiger partial charge in [-0.25, -0.2) is 0 Å². The van der Waals surface area contributed by atoms with E-state index in [0.717, 1.165) is 43.0 Å². The molecule has 1 saturated heterocycles. The fraction of sp³-hybridized carbons (Fsp3) is 0.429. The first-order valence-corrected chi connectivity index (χ1v) is 6.00. The Labute approximate surface area is 103 Å². The molecular weight excluding hydrogens is 210 g/mol. The smallest absolute Gasteiger partial charge is 0.0420 e. The van der Waals surface area contributed by atoms with Crippen LogP contribution in [0.5, 0.6) is 0 Å². The summed E-state index contributed by atoms with van der Waals surface area (Å²) in [5.41, 5.74) is 10.4. The van der Waals surface area contributed by atoms with Crippen molar-refractivity contribution >= 4 is 11.4 Å². The molecule has 0 saturated carbocycles. The van der Waals surface area contributed by atoms with Crippen molar-refractivity contribution in [3.63, 3.8) is 0 Å². The number of nitrogen functional groups attached to an aromatic ring is 1. The minimum Gasteiger partial charge on any atom is -0.398 e. The van der Waals surface area contributed by atoms with Gasteiger partial charge in [0, 0.05) is 44.0 Å². The number of nitrogens with zero attached hydrogens (tertiary/aromatic N) is 1. The van der Waals surface area contributed by atoms with Crippen LogP contribution in [-0.2, 0) is 6.42 Å². The third-order valence-electron chi connectivity index (χ3n) is 3.24. The maximum Gasteiger partial charge on any atom is 0.0420 e. The first-order chi connectivity index (χ1) is 8.22. The van der Waals surface area contributed by atoms with E-state index in [4.69, 9.17) is 12.2 Å². The summed E-state index contributed by atoms with van der Waals surface area (Å²) in [6.07, 6.45) is 6.01. The predicted molar refractivity (Wildman–Crippen MR) is 73.2 cm³/mol. The predicted octanol–water partition coefficient (Wildman–Crippen LogP) is 1.16. The lowest BCUT2D eigenvalue weighted by atomic mass is 10.0. The first-order valence-electron chi connectivity index (χ1n) is 6.00. The molecule has 0 spiro atoms. The molecule has 1 aliphatic rings. The van der Waals surface area contributed by atoms with Crippen LogP contribution in [0, 0.1) is 19.3 Å². The number of piperazine rings is 1. The van der Waals surface area contributed by atoms with Gasteiger partial charge in [-0.15, -0.1) is 12.3 Å². The first kappa shape index (κ1) is 11.8. The molecule has 0 unspecified atom stereocenters. The third-order valence-corrected chi connectivity index (χ3v) is 3.24. The molecule has 0 radical (unpaired) electrons. The number of anilines is 2. The number of hydrogen-bond acceptors (Lipinski definition) is 3. The highest BCUT2D eigenvalue weighted by Gasteiger charge is 2.14. The van der Waals surface area contributed by atoms with Gasteiger partial charge >= 0.3 is 0 Å². The molecule has 1 aliphatic heterocycles. The highest BCUT2D eigenvalue weighted by molar-refractivity contribution is 5.66. The van der Waals surface area contributed by atoms with E-state index in [1.54, 1.807) is 0 Å². The van der Waals surface area contributed by atoms with E-state index < -0.39 is 0 Å². The molecule has 0 bridgehead atoms. The lowest BCUT2D eigenvalue weighted by Gasteiger charge is -2.31. The Hall–Kier alpha value is -1.66. The highest BCUT2D eigenvalue weighted by Crippen LogP contribution is 2.27. The second-order valence-electron chi connectivity index (χ2n) is 4.45. The number of terminal acetylenes is 1.